The zero-order valence-electron chi connectivity index (χ0n) is 10.9. The van der Waals surface area contributed by atoms with Crippen LogP contribution in [0.1, 0.15) is 19.8 Å². The standard InChI is InChI=1S/C13H20N2O3/c1-3-18-12-7-6-10(17-2)9-11(12)15-13(16)5-4-8-14/h6-7,9H,3-5,8,14H2,1-2H3,(H,15,16). The largest absolute Gasteiger partial charge is 0.497 e. The van der Waals surface area contributed by atoms with Crippen LogP contribution in [0.5, 0.6) is 11.5 Å². The third kappa shape index (κ3) is 4.25. The van der Waals surface area contributed by atoms with Crippen molar-refractivity contribution in [3.05, 3.63) is 18.2 Å². The Morgan fingerprint density at radius 2 is 2.22 bits per heavy atom. The van der Waals surface area contributed by atoms with Crippen LogP contribution >= 0.6 is 0 Å². The van der Waals surface area contributed by atoms with Crippen molar-refractivity contribution in [2.45, 2.75) is 19.8 Å². The maximum absolute atomic E-state index is 11.7. The summed E-state index contributed by atoms with van der Waals surface area (Å²) in [6, 6.07) is 5.31. The van der Waals surface area contributed by atoms with Crippen molar-refractivity contribution in [3.63, 3.8) is 0 Å². The van der Waals surface area contributed by atoms with Crippen molar-refractivity contribution < 1.29 is 14.3 Å². The second-order valence-corrected chi connectivity index (χ2v) is 3.74. The van der Waals surface area contributed by atoms with E-state index < -0.39 is 0 Å². The van der Waals surface area contributed by atoms with E-state index in [1.807, 2.05) is 6.92 Å². The molecule has 0 aliphatic rings. The van der Waals surface area contributed by atoms with E-state index in [0.29, 0.717) is 43.2 Å². The zero-order valence-corrected chi connectivity index (χ0v) is 10.9. The fraction of sp³-hybridized carbons (Fsp3) is 0.462. The van der Waals surface area contributed by atoms with Crippen LogP contribution in [0.15, 0.2) is 18.2 Å². The molecule has 18 heavy (non-hydrogen) atoms. The Morgan fingerprint density at radius 3 is 2.83 bits per heavy atom. The molecule has 5 heteroatoms. The van der Waals surface area contributed by atoms with Crippen LogP contribution < -0.4 is 20.5 Å². The Morgan fingerprint density at radius 1 is 1.44 bits per heavy atom. The fourth-order valence-electron chi connectivity index (χ4n) is 1.49. The van der Waals surface area contributed by atoms with Gasteiger partial charge in [-0.3, -0.25) is 4.79 Å². The van der Waals surface area contributed by atoms with Gasteiger partial charge in [-0.2, -0.15) is 0 Å². The first-order valence-corrected chi connectivity index (χ1v) is 6.02. The lowest BCUT2D eigenvalue weighted by molar-refractivity contribution is -0.116. The van der Waals surface area contributed by atoms with Crippen LogP contribution in [0.3, 0.4) is 0 Å². The van der Waals surface area contributed by atoms with Gasteiger partial charge in [-0.25, -0.2) is 0 Å². The number of nitrogens with one attached hydrogen (secondary N) is 1. The predicted octanol–water partition coefficient (Wildman–Crippen LogP) is 1.77. The molecular weight excluding hydrogens is 232 g/mol. The van der Waals surface area contributed by atoms with Gasteiger partial charge in [0.25, 0.3) is 0 Å². The first-order chi connectivity index (χ1) is 8.71. The maximum Gasteiger partial charge on any atom is 0.224 e. The van der Waals surface area contributed by atoms with Crippen LogP contribution in [-0.4, -0.2) is 26.2 Å². The third-order valence-corrected chi connectivity index (χ3v) is 2.37. The number of carbonyl (C=O) groups excluding carboxylic acids is 1. The van der Waals surface area contributed by atoms with Gasteiger partial charge in [-0.1, -0.05) is 0 Å². The highest BCUT2D eigenvalue weighted by Gasteiger charge is 2.09. The summed E-state index contributed by atoms with van der Waals surface area (Å²) in [5, 5.41) is 2.81. The number of anilines is 1. The summed E-state index contributed by atoms with van der Waals surface area (Å²) in [6.07, 6.45) is 1.07. The molecule has 0 spiro atoms. The molecule has 0 saturated heterocycles. The molecule has 1 amide bonds. The van der Waals surface area contributed by atoms with Gasteiger partial charge in [0.2, 0.25) is 5.91 Å². The Kier molecular flexibility index (Phi) is 6.00. The Bertz CT molecular complexity index is 394. The highest BCUT2D eigenvalue weighted by Crippen LogP contribution is 2.29. The molecule has 0 saturated carbocycles. The van der Waals surface area contributed by atoms with Crippen LogP contribution in [0.4, 0.5) is 5.69 Å². The second-order valence-electron chi connectivity index (χ2n) is 3.74. The number of amides is 1. The van der Waals surface area contributed by atoms with Crippen molar-refractivity contribution in [3.8, 4) is 11.5 Å². The molecule has 0 radical (unpaired) electrons. The molecule has 0 atom stereocenters. The number of hydrogen-bond donors (Lipinski definition) is 2. The van der Waals surface area contributed by atoms with E-state index in [1.54, 1.807) is 25.3 Å². The van der Waals surface area contributed by atoms with Crippen molar-refractivity contribution in [1.29, 1.82) is 0 Å². The molecular formula is C13H20N2O3. The number of rotatable bonds is 7. The van der Waals surface area contributed by atoms with Gasteiger partial charge in [0, 0.05) is 12.5 Å². The first kappa shape index (κ1) is 14.3. The summed E-state index contributed by atoms with van der Waals surface area (Å²) in [7, 11) is 1.58. The minimum absolute atomic E-state index is 0.0744. The van der Waals surface area contributed by atoms with E-state index in [1.165, 1.54) is 0 Å². The van der Waals surface area contributed by atoms with E-state index in [2.05, 4.69) is 5.32 Å². The molecule has 0 fully saturated rings. The van der Waals surface area contributed by atoms with Crippen LogP contribution in [0, 0.1) is 0 Å². The highest BCUT2D eigenvalue weighted by molar-refractivity contribution is 5.92. The number of nitrogens with two attached hydrogens (primary N) is 1. The number of carbonyl (C=O) groups is 1. The first-order valence-electron chi connectivity index (χ1n) is 6.02. The van der Waals surface area contributed by atoms with E-state index in [0.717, 1.165) is 0 Å². The normalized spacial score (nSPS) is 9.94. The van der Waals surface area contributed by atoms with E-state index in [9.17, 15) is 4.79 Å². The minimum atomic E-state index is -0.0744. The summed E-state index contributed by atoms with van der Waals surface area (Å²) in [4.78, 5) is 11.7. The van der Waals surface area contributed by atoms with Gasteiger partial charge < -0.3 is 20.5 Å². The molecule has 5 nitrogen and oxygen atoms in total. The predicted molar refractivity (Wildman–Crippen MR) is 71.1 cm³/mol. The number of hydrogen-bond acceptors (Lipinski definition) is 4. The van der Waals surface area contributed by atoms with Crippen molar-refractivity contribution in [2.24, 2.45) is 5.73 Å². The topological polar surface area (TPSA) is 73.6 Å². The number of ether oxygens (including phenoxy) is 2. The highest BCUT2D eigenvalue weighted by atomic mass is 16.5. The molecule has 3 N–H and O–H groups in total. The summed E-state index contributed by atoms with van der Waals surface area (Å²) < 4.78 is 10.6. The van der Waals surface area contributed by atoms with Crippen molar-refractivity contribution >= 4 is 11.6 Å². The van der Waals surface area contributed by atoms with E-state index in [-0.39, 0.29) is 5.91 Å². The lowest BCUT2D eigenvalue weighted by Crippen LogP contribution is -2.14. The SMILES string of the molecule is CCOc1ccc(OC)cc1NC(=O)CCCN. The quantitative estimate of drug-likeness (QED) is 0.775. The minimum Gasteiger partial charge on any atom is -0.497 e. The van der Waals surface area contributed by atoms with Gasteiger partial charge in [-0.05, 0) is 32.0 Å². The van der Waals surface area contributed by atoms with E-state index >= 15 is 0 Å². The monoisotopic (exact) mass is 252 g/mol. The van der Waals surface area contributed by atoms with Gasteiger partial charge in [-0.15, -0.1) is 0 Å². The molecule has 0 aliphatic heterocycles. The Hall–Kier alpha value is -1.75. The average molecular weight is 252 g/mol. The molecule has 0 aromatic heterocycles. The molecule has 0 bridgehead atoms. The molecule has 0 heterocycles. The number of methoxy groups -OCH3 is 1. The van der Waals surface area contributed by atoms with Crippen LogP contribution in [0.25, 0.3) is 0 Å². The molecule has 1 rings (SSSR count). The zero-order chi connectivity index (χ0) is 13.4. The smallest absolute Gasteiger partial charge is 0.224 e. The Labute approximate surface area is 107 Å². The molecule has 100 valence electrons. The van der Waals surface area contributed by atoms with Gasteiger partial charge >= 0.3 is 0 Å². The maximum atomic E-state index is 11.7. The number of benzene rings is 1. The summed E-state index contributed by atoms with van der Waals surface area (Å²) in [5.41, 5.74) is 5.99. The lowest BCUT2D eigenvalue weighted by Gasteiger charge is -2.12. The van der Waals surface area contributed by atoms with Gasteiger partial charge in [0.15, 0.2) is 0 Å². The van der Waals surface area contributed by atoms with Crippen molar-refractivity contribution in [2.75, 3.05) is 25.6 Å². The fourth-order valence-corrected chi connectivity index (χ4v) is 1.49. The van der Waals surface area contributed by atoms with Crippen LogP contribution in [-0.2, 0) is 4.79 Å². The third-order valence-electron chi connectivity index (χ3n) is 2.37. The molecule has 0 aliphatic carbocycles. The lowest BCUT2D eigenvalue weighted by atomic mass is 10.2. The van der Waals surface area contributed by atoms with Gasteiger partial charge in [0.1, 0.15) is 11.5 Å². The molecule has 1 aromatic carbocycles. The van der Waals surface area contributed by atoms with Crippen molar-refractivity contribution in [1.82, 2.24) is 0 Å². The summed E-state index contributed by atoms with van der Waals surface area (Å²) in [6.45, 7) is 2.94. The summed E-state index contributed by atoms with van der Waals surface area (Å²) in [5.74, 6) is 1.24. The van der Waals surface area contributed by atoms with E-state index in [4.69, 9.17) is 15.2 Å². The Balaban J connectivity index is 2.79. The molecule has 0 unspecified atom stereocenters. The van der Waals surface area contributed by atoms with Crippen LogP contribution in [0.2, 0.25) is 0 Å². The summed E-state index contributed by atoms with van der Waals surface area (Å²) >= 11 is 0. The van der Waals surface area contributed by atoms with Gasteiger partial charge in [0.05, 0.1) is 19.4 Å². The second kappa shape index (κ2) is 7.55. The molecule has 1 aromatic rings. The average Bonchev–Trinajstić information content (AvgIpc) is 2.38.